The second-order valence-electron chi connectivity index (χ2n) is 10.1. The minimum absolute atomic E-state index is 0.0641. The molecule has 0 aliphatic heterocycles. The maximum atomic E-state index is 12.3. The van der Waals surface area contributed by atoms with Crippen molar-refractivity contribution >= 4 is 17.7 Å². The summed E-state index contributed by atoms with van der Waals surface area (Å²) < 4.78 is 2.25. The summed E-state index contributed by atoms with van der Waals surface area (Å²) in [4.78, 5) is 12.3. The molecular formula is C25H34N4OS. The van der Waals surface area contributed by atoms with Crippen LogP contribution in [0.4, 0.5) is 0 Å². The van der Waals surface area contributed by atoms with E-state index in [0.717, 1.165) is 48.1 Å². The van der Waals surface area contributed by atoms with E-state index in [-0.39, 0.29) is 5.91 Å². The Bertz CT molecular complexity index is 874. The van der Waals surface area contributed by atoms with E-state index in [9.17, 15) is 4.79 Å². The van der Waals surface area contributed by atoms with Crippen LogP contribution in [-0.2, 0) is 24.2 Å². The molecule has 0 spiro atoms. The van der Waals surface area contributed by atoms with Gasteiger partial charge in [0, 0.05) is 19.5 Å². The third kappa shape index (κ3) is 4.69. The molecule has 6 heteroatoms. The van der Waals surface area contributed by atoms with Gasteiger partial charge in [0.15, 0.2) is 5.16 Å². The van der Waals surface area contributed by atoms with Crippen LogP contribution in [-0.4, -0.2) is 33.0 Å². The van der Waals surface area contributed by atoms with Gasteiger partial charge < -0.3 is 9.88 Å². The van der Waals surface area contributed by atoms with Gasteiger partial charge >= 0.3 is 0 Å². The van der Waals surface area contributed by atoms with Crippen LogP contribution in [0.15, 0.2) is 35.5 Å². The van der Waals surface area contributed by atoms with Crippen molar-refractivity contribution in [2.45, 2.75) is 70.0 Å². The fourth-order valence-corrected chi connectivity index (χ4v) is 7.74. The number of benzene rings is 1. The van der Waals surface area contributed by atoms with E-state index in [1.165, 1.54) is 55.9 Å². The first-order chi connectivity index (χ1) is 15.1. The number of hydrogen-bond acceptors (Lipinski definition) is 4. The number of carbonyl (C=O) groups is 1. The average Bonchev–Trinajstić information content (AvgIpc) is 3.12. The SMILES string of the molecule is CCn1c(CC23CC4CC(CC(C4)C2)C3)nnc1SCC(=O)NCCc1ccccc1. The monoisotopic (exact) mass is 438 g/mol. The molecule has 4 fully saturated rings. The highest BCUT2D eigenvalue weighted by Crippen LogP contribution is 2.61. The van der Waals surface area contributed by atoms with Crippen molar-refractivity contribution in [3.63, 3.8) is 0 Å². The van der Waals surface area contributed by atoms with E-state index >= 15 is 0 Å². The molecule has 1 heterocycles. The van der Waals surface area contributed by atoms with Crippen LogP contribution < -0.4 is 5.32 Å². The molecule has 0 radical (unpaired) electrons. The molecule has 5 nitrogen and oxygen atoms in total. The number of hydrogen-bond donors (Lipinski definition) is 1. The highest BCUT2D eigenvalue weighted by Gasteiger charge is 2.51. The normalized spacial score (nSPS) is 28.7. The molecule has 1 amide bonds. The standard InChI is InChI=1S/C25H34N4OS/c1-2-29-22(16-25-13-19-10-20(14-25)12-21(11-19)15-25)27-28-24(29)31-17-23(30)26-9-8-18-6-4-3-5-7-18/h3-7,19-21H,2,8-17H2,1H3,(H,26,30). The summed E-state index contributed by atoms with van der Waals surface area (Å²) in [6.07, 6.45) is 10.5. The number of thioether (sulfide) groups is 1. The van der Waals surface area contributed by atoms with Gasteiger partial charge in [-0.15, -0.1) is 10.2 Å². The van der Waals surface area contributed by atoms with Crippen LogP contribution in [0.2, 0.25) is 0 Å². The molecule has 1 aromatic heterocycles. The van der Waals surface area contributed by atoms with Crippen molar-refractivity contribution in [2.75, 3.05) is 12.3 Å². The first-order valence-electron chi connectivity index (χ1n) is 12.0. The lowest BCUT2D eigenvalue weighted by Crippen LogP contribution is -2.47. The summed E-state index contributed by atoms with van der Waals surface area (Å²) in [5.74, 6) is 4.46. The second kappa shape index (κ2) is 8.97. The molecule has 2 aromatic rings. The van der Waals surface area contributed by atoms with Crippen molar-refractivity contribution in [2.24, 2.45) is 23.2 Å². The topological polar surface area (TPSA) is 59.8 Å². The molecule has 31 heavy (non-hydrogen) atoms. The Balaban J connectivity index is 1.15. The van der Waals surface area contributed by atoms with Crippen LogP contribution in [0.25, 0.3) is 0 Å². The van der Waals surface area contributed by atoms with Gasteiger partial charge in [-0.2, -0.15) is 0 Å². The first kappa shape index (κ1) is 21.0. The third-order valence-electron chi connectivity index (χ3n) is 7.72. The van der Waals surface area contributed by atoms with Gasteiger partial charge in [-0.3, -0.25) is 4.79 Å². The summed E-state index contributed by atoms with van der Waals surface area (Å²) >= 11 is 1.52. The second-order valence-corrected chi connectivity index (χ2v) is 11.1. The van der Waals surface area contributed by atoms with Crippen molar-refractivity contribution in [3.8, 4) is 0 Å². The van der Waals surface area contributed by atoms with Crippen LogP contribution in [0.3, 0.4) is 0 Å². The number of carbonyl (C=O) groups excluding carboxylic acids is 1. The Morgan fingerprint density at radius 1 is 1.10 bits per heavy atom. The summed E-state index contributed by atoms with van der Waals surface area (Å²) in [6.45, 7) is 3.70. The van der Waals surface area contributed by atoms with E-state index in [0.29, 0.717) is 17.7 Å². The molecule has 1 N–H and O–H groups in total. The Hall–Kier alpha value is -1.82. The highest BCUT2D eigenvalue weighted by molar-refractivity contribution is 7.99. The molecule has 0 atom stereocenters. The Morgan fingerprint density at radius 2 is 1.77 bits per heavy atom. The average molecular weight is 439 g/mol. The molecule has 1 aromatic carbocycles. The molecule has 4 aliphatic carbocycles. The first-order valence-corrected chi connectivity index (χ1v) is 13.0. The lowest BCUT2D eigenvalue weighted by molar-refractivity contribution is -0.118. The fraction of sp³-hybridized carbons (Fsp3) is 0.640. The van der Waals surface area contributed by atoms with Gasteiger partial charge in [-0.1, -0.05) is 42.1 Å². The van der Waals surface area contributed by atoms with E-state index in [4.69, 9.17) is 0 Å². The smallest absolute Gasteiger partial charge is 0.230 e. The van der Waals surface area contributed by atoms with Crippen LogP contribution >= 0.6 is 11.8 Å². The van der Waals surface area contributed by atoms with E-state index in [1.54, 1.807) is 0 Å². The van der Waals surface area contributed by atoms with Gasteiger partial charge in [-0.05, 0) is 80.6 Å². The Morgan fingerprint density at radius 3 is 2.42 bits per heavy atom. The quantitative estimate of drug-likeness (QED) is 0.585. The van der Waals surface area contributed by atoms with Crippen molar-refractivity contribution in [1.82, 2.24) is 20.1 Å². The Labute approximate surface area is 189 Å². The fourth-order valence-electron chi connectivity index (χ4n) is 6.89. The molecule has 0 unspecified atom stereocenters. The van der Waals surface area contributed by atoms with Crippen LogP contribution in [0, 0.1) is 23.2 Å². The predicted molar refractivity (Wildman–Crippen MR) is 124 cm³/mol. The predicted octanol–water partition coefficient (Wildman–Crippen LogP) is 4.51. The van der Waals surface area contributed by atoms with Gasteiger partial charge in [0.05, 0.1) is 5.75 Å². The van der Waals surface area contributed by atoms with Gasteiger partial charge in [0.2, 0.25) is 5.91 Å². The molecule has 0 saturated heterocycles. The number of amides is 1. The minimum atomic E-state index is 0.0641. The molecule has 4 saturated carbocycles. The van der Waals surface area contributed by atoms with Crippen LogP contribution in [0.5, 0.6) is 0 Å². The Kier molecular flexibility index (Phi) is 6.09. The zero-order valence-electron chi connectivity index (χ0n) is 18.6. The van der Waals surface area contributed by atoms with E-state index in [1.807, 2.05) is 18.2 Å². The summed E-state index contributed by atoms with van der Waals surface area (Å²) in [5.41, 5.74) is 1.71. The maximum absolute atomic E-state index is 12.3. The van der Waals surface area contributed by atoms with Crippen molar-refractivity contribution in [1.29, 1.82) is 0 Å². The number of aromatic nitrogens is 3. The van der Waals surface area contributed by atoms with Crippen molar-refractivity contribution < 1.29 is 4.79 Å². The molecule has 6 rings (SSSR count). The zero-order chi connectivity index (χ0) is 21.3. The lowest BCUT2D eigenvalue weighted by Gasteiger charge is -2.56. The molecule has 4 aliphatic rings. The lowest BCUT2D eigenvalue weighted by atomic mass is 9.49. The summed E-state index contributed by atoms with van der Waals surface area (Å²) in [6, 6.07) is 10.3. The summed E-state index contributed by atoms with van der Waals surface area (Å²) in [5, 5.41) is 13.0. The third-order valence-corrected chi connectivity index (χ3v) is 8.69. The van der Waals surface area contributed by atoms with Gasteiger partial charge in [0.25, 0.3) is 0 Å². The number of rotatable bonds is 9. The molecule has 166 valence electrons. The highest BCUT2D eigenvalue weighted by atomic mass is 32.2. The molecule has 4 bridgehead atoms. The van der Waals surface area contributed by atoms with Crippen LogP contribution in [0.1, 0.15) is 56.8 Å². The van der Waals surface area contributed by atoms with Gasteiger partial charge in [-0.25, -0.2) is 0 Å². The maximum Gasteiger partial charge on any atom is 0.230 e. The van der Waals surface area contributed by atoms with Gasteiger partial charge in [0.1, 0.15) is 5.82 Å². The molecular weight excluding hydrogens is 404 g/mol. The van der Waals surface area contributed by atoms with E-state index in [2.05, 4.69) is 39.1 Å². The number of nitrogens with zero attached hydrogens (tertiary/aromatic N) is 3. The van der Waals surface area contributed by atoms with E-state index < -0.39 is 0 Å². The van der Waals surface area contributed by atoms with Crippen molar-refractivity contribution in [3.05, 3.63) is 41.7 Å². The minimum Gasteiger partial charge on any atom is -0.355 e. The summed E-state index contributed by atoms with van der Waals surface area (Å²) in [7, 11) is 0. The largest absolute Gasteiger partial charge is 0.355 e. The zero-order valence-corrected chi connectivity index (χ0v) is 19.4. The number of nitrogens with one attached hydrogen (secondary N) is 1.